The number of rotatable bonds is 10. The molecule has 41 heavy (non-hydrogen) atoms. The molecule has 3 amide bonds. The molecule has 208 valence electrons. The largest absolute Gasteiger partial charge is 0.497 e. The minimum Gasteiger partial charge on any atom is -0.497 e. The maximum atomic E-state index is 13.4. The third kappa shape index (κ3) is 8.83. The summed E-state index contributed by atoms with van der Waals surface area (Å²) < 4.78 is 6.22. The molecule has 0 aliphatic carbocycles. The molecule has 0 aliphatic rings. The molecule has 4 aromatic carbocycles. The van der Waals surface area contributed by atoms with Crippen LogP contribution in [0.1, 0.15) is 22.8 Å². The summed E-state index contributed by atoms with van der Waals surface area (Å²) in [6.07, 6.45) is 1.59. The minimum absolute atomic E-state index is 0.0624. The Labute approximate surface area is 251 Å². The van der Waals surface area contributed by atoms with E-state index in [4.69, 9.17) is 4.74 Å². The fourth-order valence-corrected chi connectivity index (χ4v) is 4.91. The third-order valence-corrected chi connectivity index (χ3v) is 7.44. The van der Waals surface area contributed by atoms with E-state index in [1.165, 1.54) is 11.8 Å². The molecule has 3 N–H and O–H groups in total. The topological polar surface area (TPSA) is 96.5 Å². The molecule has 0 saturated carbocycles. The van der Waals surface area contributed by atoms with Crippen molar-refractivity contribution >= 4 is 62.9 Å². The Balaban J connectivity index is 1.49. The summed E-state index contributed by atoms with van der Waals surface area (Å²) in [5, 5.41) is 8.12. The standard InChI is InChI=1S/C32H28BrN3O4S/c1-21(30(37)34-25-16-14-24(33)15-17-25)41-28-13-7-11-26(20-28)35-32(39)29(19-22-8-6-12-27(18-22)40-2)36-31(38)23-9-4-3-5-10-23/h3-21H,1-2H3,(H,34,37)(H,35,39)(H,36,38)/b29-19-. The fourth-order valence-electron chi connectivity index (χ4n) is 3.72. The number of nitrogens with one attached hydrogen (secondary N) is 3. The lowest BCUT2D eigenvalue weighted by Crippen LogP contribution is -2.30. The normalized spacial score (nSPS) is 11.7. The number of amides is 3. The number of thioether (sulfide) groups is 1. The van der Waals surface area contributed by atoms with Gasteiger partial charge in [-0.05, 0) is 85.3 Å². The van der Waals surface area contributed by atoms with Crippen molar-refractivity contribution in [3.8, 4) is 5.75 Å². The number of hydrogen-bond donors (Lipinski definition) is 3. The van der Waals surface area contributed by atoms with Crippen molar-refractivity contribution in [2.75, 3.05) is 17.7 Å². The van der Waals surface area contributed by atoms with Gasteiger partial charge in [0.05, 0.1) is 12.4 Å². The molecule has 0 radical (unpaired) electrons. The van der Waals surface area contributed by atoms with Gasteiger partial charge in [0.15, 0.2) is 0 Å². The molecule has 0 heterocycles. The zero-order chi connectivity index (χ0) is 29.2. The van der Waals surface area contributed by atoms with E-state index in [1.54, 1.807) is 73.8 Å². The summed E-state index contributed by atoms with van der Waals surface area (Å²) in [4.78, 5) is 39.8. The zero-order valence-corrected chi connectivity index (χ0v) is 24.8. The molecule has 4 aromatic rings. The Morgan fingerprint density at radius 2 is 1.56 bits per heavy atom. The Morgan fingerprint density at radius 3 is 2.29 bits per heavy atom. The van der Waals surface area contributed by atoms with Gasteiger partial charge in [-0.25, -0.2) is 0 Å². The fraction of sp³-hybridized carbons (Fsp3) is 0.0938. The van der Waals surface area contributed by atoms with E-state index >= 15 is 0 Å². The second-order valence-electron chi connectivity index (χ2n) is 8.89. The van der Waals surface area contributed by atoms with Gasteiger partial charge in [0.25, 0.3) is 11.8 Å². The van der Waals surface area contributed by atoms with Crippen molar-refractivity contribution in [1.82, 2.24) is 5.32 Å². The highest BCUT2D eigenvalue weighted by atomic mass is 79.9. The Bertz CT molecular complexity index is 1560. The van der Waals surface area contributed by atoms with Crippen LogP contribution in [0.2, 0.25) is 0 Å². The monoisotopic (exact) mass is 629 g/mol. The van der Waals surface area contributed by atoms with E-state index in [9.17, 15) is 14.4 Å². The van der Waals surface area contributed by atoms with Crippen molar-refractivity contribution in [3.05, 3.63) is 124 Å². The van der Waals surface area contributed by atoms with E-state index in [1.807, 2.05) is 49.4 Å². The van der Waals surface area contributed by atoms with Crippen LogP contribution < -0.4 is 20.7 Å². The number of carbonyl (C=O) groups excluding carboxylic acids is 3. The van der Waals surface area contributed by atoms with Gasteiger partial charge in [-0.15, -0.1) is 11.8 Å². The summed E-state index contributed by atoms with van der Waals surface area (Å²) in [6, 6.07) is 30.4. The number of anilines is 2. The highest BCUT2D eigenvalue weighted by Gasteiger charge is 2.17. The highest BCUT2D eigenvalue weighted by molar-refractivity contribution is 9.10. The number of halogens is 1. The molecule has 0 aromatic heterocycles. The van der Waals surface area contributed by atoms with Gasteiger partial charge in [0.2, 0.25) is 5.91 Å². The Hall–Kier alpha value is -4.34. The molecular weight excluding hydrogens is 602 g/mol. The summed E-state index contributed by atoms with van der Waals surface area (Å²) in [6.45, 7) is 1.82. The van der Waals surface area contributed by atoms with Crippen LogP contribution in [0, 0.1) is 0 Å². The van der Waals surface area contributed by atoms with Crippen molar-refractivity contribution in [2.24, 2.45) is 0 Å². The maximum Gasteiger partial charge on any atom is 0.272 e. The van der Waals surface area contributed by atoms with E-state index in [-0.39, 0.29) is 11.6 Å². The van der Waals surface area contributed by atoms with Crippen LogP contribution in [0.4, 0.5) is 11.4 Å². The van der Waals surface area contributed by atoms with Crippen molar-refractivity contribution in [2.45, 2.75) is 17.1 Å². The second-order valence-corrected chi connectivity index (χ2v) is 11.2. The van der Waals surface area contributed by atoms with E-state index in [2.05, 4.69) is 31.9 Å². The molecule has 0 bridgehead atoms. The lowest BCUT2D eigenvalue weighted by Gasteiger charge is -2.14. The van der Waals surface area contributed by atoms with E-state index < -0.39 is 17.1 Å². The summed E-state index contributed by atoms with van der Waals surface area (Å²) in [7, 11) is 1.56. The van der Waals surface area contributed by atoms with Crippen LogP contribution in [0.25, 0.3) is 6.08 Å². The first-order valence-corrected chi connectivity index (χ1v) is 14.3. The minimum atomic E-state index is -0.500. The number of carbonyl (C=O) groups is 3. The molecule has 1 unspecified atom stereocenters. The third-order valence-electron chi connectivity index (χ3n) is 5.82. The molecule has 7 nitrogen and oxygen atoms in total. The Kier molecular flexibility index (Phi) is 10.4. The van der Waals surface area contributed by atoms with Gasteiger partial charge in [0, 0.05) is 26.3 Å². The highest BCUT2D eigenvalue weighted by Crippen LogP contribution is 2.27. The number of methoxy groups -OCH3 is 1. The van der Waals surface area contributed by atoms with Crippen LogP contribution in [-0.2, 0) is 9.59 Å². The number of benzene rings is 4. The van der Waals surface area contributed by atoms with Crippen LogP contribution >= 0.6 is 27.7 Å². The molecule has 4 rings (SSSR count). The lowest BCUT2D eigenvalue weighted by atomic mass is 10.1. The van der Waals surface area contributed by atoms with Crippen molar-refractivity contribution in [3.63, 3.8) is 0 Å². The summed E-state index contributed by atoms with van der Waals surface area (Å²) >= 11 is 4.75. The van der Waals surface area contributed by atoms with Crippen molar-refractivity contribution < 1.29 is 19.1 Å². The second kappa shape index (κ2) is 14.3. The zero-order valence-electron chi connectivity index (χ0n) is 22.4. The predicted molar refractivity (Wildman–Crippen MR) is 168 cm³/mol. The first kappa shape index (κ1) is 29.6. The maximum absolute atomic E-state index is 13.4. The number of ether oxygens (including phenoxy) is 1. The van der Waals surface area contributed by atoms with Crippen molar-refractivity contribution in [1.29, 1.82) is 0 Å². The van der Waals surface area contributed by atoms with Gasteiger partial charge in [-0.3, -0.25) is 14.4 Å². The van der Waals surface area contributed by atoms with Gasteiger partial charge < -0.3 is 20.7 Å². The van der Waals surface area contributed by atoms with Gasteiger partial charge in [0.1, 0.15) is 11.4 Å². The molecule has 9 heteroatoms. The predicted octanol–water partition coefficient (Wildman–Crippen LogP) is 6.99. The SMILES string of the molecule is COc1cccc(/C=C(\NC(=O)c2ccccc2)C(=O)Nc2cccc(SC(C)C(=O)Nc3ccc(Br)cc3)c2)c1. The Morgan fingerprint density at radius 1 is 0.829 bits per heavy atom. The van der Waals surface area contributed by atoms with Crippen LogP contribution in [0.3, 0.4) is 0 Å². The van der Waals surface area contributed by atoms with Crippen LogP contribution in [0.15, 0.2) is 118 Å². The van der Waals surface area contributed by atoms with Gasteiger partial charge >= 0.3 is 0 Å². The van der Waals surface area contributed by atoms with E-state index in [0.29, 0.717) is 28.3 Å². The number of hydrogen-bond acceptors (Lipinski definition) is 5. The average Bonchev–Trinajstić information content (AvgIpc) is 2.98. The van der Waals surface area contributed by atoms with Crippen LogP contribution in [-0.4, -0.2) is 30.1 Å². The van der Waals surface area contributed by atoms with Gasteiger partial charge in [-0.2, -0.15) is 0 Å². The average molecular weight is 631 g/mol. The van der Waals surface area contributed by atoms with Gasteiger partial charge in [-0.1, -0.05) is 52.3 Å². The lowest BCUT2D eigenvalue weighted by molar-refractivity contribution is -0.115. The molecule has 0 fully saturated rings. The molecule has 1 atom stereocenters. The van der Waals surface area contributed by atoms with E-state index in [0.717, 1.165) is 9.37 Å². The summed E-state index contributed by atoms with van der Waals surface area (Å²) in [5.41, 5.74) is 2.39. The molecule has 0 aliphatic heterocycles. The summed E-state index contributed by atoms with van der Waals surface area (Å²) in [5.74, 6) is -0.431. The molecular formula is C32H28BrN3O4S. The molecule has 0 spiro atoms. The quantitative estimate of drug-likeness (QED) is 0.130. The first-order chi connectivity index (χ1) is 19.8. The smallest absolute Gasteiger partial charge is 0.272 e. The van der Waals surface area contributed by atoms with Crippen LogP contribution in [0.5, 0.6) is 5.75 Å². The first-order valence-electron chi connectivity index (χ1n) is 12.7. The molecule has 0 saturated heterocycles.